The molecule has 0 amide bonds. The summed E-state index contributed by atoms with van der Waals surface area (Å²) in [6.07, 6.45) is 0. The molecule has 0 spiro atoms. The van der Waals surface area contributed by atoms with E-state index in [1.54, 1.807) is 11.3 Å². The predicted molar refractivity (Wildman–Crippen MR) is 145 cm³/mol. The standard InChI is InChI=1S/C29H18N2S2/c1-2-9-22-18(6-1)12-15-26-28(22)23-14-13-21(17-27(23)32-26)30-20-8-5-7-19(16-20)29-31-24-10-3-4-11-25(24)33-29/h1-17,30H. The maximum Gasteiger partial charge on any atom is 0.124 e. The number of para-hydroxylation sites is 1. The van der Waals surface area contributed by atoms with Crippen molar-refractivity contribution < 1.29 is 0 Å². The van der Waals surface area contributed by atoms with Gasteiger partial charge in [-0.1, -0.05) is 60.7 Å². The number of benzene rings is 5. The number of hydrogen-bond acceptors (Lipinski definition) is 4. The lowest BCUT2D eigenvalue weighted by Crippen LogP contribution is -1.90. The van der Waals surface area contributed by atoms with Crippen LogP contribution in [0.2, 0.25) is 0 Å². The predicted octanol–water partition coefficient (Wildman–Crippen LogP) is 9.23. The Balaban J connectivity index is 1.27. The molecule has 5 aromatic carbocycles. The van der Waals surface area contributed by atoms with Crippen LogP contribution in [0.5, 0.6) is 0 Å². The summed E-state index contributed by atoms with van der Waals surface area (Å²) >= 11 is 3.59. The minimum atomic E-state index is 1.05. The third-order valence-electron chi connectivity index (χ3n) is 6.05. The van der Waals surface area contributed by atoms with Crippen molar-refractivity contribution in [1.82, 2.24) is 4.98 Å². The molecule has 1 N–H and O–H groups in total. The Morgan fingerprint density at radius 2 is 1.45 bits per heavy atom. The monoisotopic (exact) mass is 458 g/mol. The minimum Gasteiger partial charge on any atom is -0.355 e. The van der Waals surface area contributed by atoms with Crippen LogP contribution >= 0.6 is 22.7 Å². The summed E-state index contributed by atoms with van der Waals surface area (Å²) < 4.78 is 3.85. The zero-order chi connectivity index (χ0) is 21.8. The summed E-state index contributed by atoms with van der Waals surface area (Å²) in [7, 11) is 0. The van der Waals surface area contributed by atoms with Crippen LogP contribution < -0.4 is 5.32 Å². The number of nitrogens with one attached hydrogen (secondary N) is 1. The molecule has 33 heavy (non-hydrogen) atoms. The van der Waals surface area contributed by atoms with Gasteiger partial charge in [-0.3, -0.25) is 0 Å². The van der Waals surface area contributed by atoms with Crippen LogP contribution in [0.1, 0.15) is 0 Å². The number of thiophene rings is 1. The number of thiazole rings is 1. The third-order valence-corrected chi connectivity index (χ3v) is 8.26. The molecule has 156 valence electrons. The molecule has 2 nitrogen and oxygen atoms in total. The molecule has 0 saturated carbocycles. The Kier molecular flexibility index (Phi) is 4.22. The van der Waals surface area contributed by atoms with Gasteiger partial charge >= 0.3 is 0 Å². The highest BCUT2D eigenvalue weighted by atomic mass is 32.1. The molecule has 0 atom stereocenters. The van der Waals surface area contributed by atoms with Gasteiger partial charge in [0.1, 0.15) is 5.01 Å². The lowest BCUT2D eigenvalue weighted by atomic mass is 10.0. The van der Waals surface area contributed by atoms with Crippen molar-refractivity contribution in [2.45, 2.75) is 0 Å². The quantitative estimate of drug-likeness (QED) is 0.285. The molecule has 0 unspecified atom stereocenters. The first-order chi connectivity index (χ1) is 16.3. The van der Waals surface area contributed by atoms with Crippen LogP contribution in [0.15, 0.2) is 103 Å². The van der Waals surface area contributed by atoms with Crippen LogP contribution in [0, 0.1) is 0 Å². The molecular formula is C29H18N2S2. The third kappa shape index (κ3) is 3.18. The summed E-state index contributed by atoms with van der Waals surface area (Å²) in [6.45, 7) is 0. The van der Waals surface area contributed by atoms with Crippen LogP contribution in [-0.4, -0.2) is 4.98 Å². The fraction of sp³-hybridized carbons (Fsp3) is 0. The van der Waals surface area contributed by atoms with Crippen molar-refractivity contribution in [3.05, 3.63) is 103 Å². The summed E-state index contributed by atoms with van der Waals surface area (Å²) in [5.41, 5.74) is 4.35. The van der Waals surface area contributed by atoms with Gasteiger partial charge in [-0.05, 0) is 53.2 Å². The Morgan fingerprint density at radius 3 is 2.42 bits per heavy atom. The molecule has 0 aliphatic rings. The smallest absolute Gasteiger partial charge is 0.124 e. The van der Waals surface area contributed by atoms with Gasteiger partial charge in [0.05, 0.1) is 10.2 Å². The van der Waals surface area contributed by atoms with E-state index in [0.29, 0.717) is 0 Å². The average Bonchev–Trinajstić information content (AvgIpc) is 3.45. The van der Waals surface area contributed by atoms with Gasteiger partial charge in [0.15, 0.2) is 0 Å². The molecule has 0 aliphatic heterocycles. The van der Waals surface area contributed by atoms with Crippen LogP contribution in [0.3, 0.4) is 0 Å². The van der Waals surface area contributed by atoms with Crippen molar-refractivity contribution in [2.75, 3.05) is 5.32 Å². The summed E-state index contributed by atoms with van der Waals surface area (Å²) in [6, 6.07) is 36.6. The van der Waals surface area contributed by atoms with E-state index in [1.165, 1.54) is 35.6 Å². The second kappa shape index (κ2) is 7.41. The Hall–Kier alpha value is -3.73. The Labute approximate surface area is 198 Å². The minimum absolute atomic E-state index is 1.05. The van der Waals surface area contributed by atoms with E-state index in [-0.39, 0.29) is 0 Å². The number of nitrogens with zero attached hydrogens (tertiary/aromatic N) is 1. The topological polar surface area (TPSA) is 24.9 Å². The zero-order valence-electron chi connectivity index (χ0n) is 17.6. The molecule has 7 rings (SSSR count). The number of aromatic nitrogens is 1. The van der Waals surface area contributed by atoms with Crippen LogP contribution in [0.25, 0.3) is 51.7 Å². The lowest BCUT2D eigenvalue weighted by molar-refractivity contribution is 1.47. The lowest BCUT2D eigenvalue weighted by Gasteiger charge is -2.08. The fourth-order valence-electron chi connectivity index (χ4n) is 4.52. The average molecular weight is 459 g/mol. The van der Waals surface area contributed by atoms with Crippen molar-refractivity contribution in [2.24, 2.45) is 0 Å². The molecule has 0 radical (unpaired) electrons. The van der Waals surface area contributed by atoms with E-state index < -0.39 is 0 Å². The Morgan fingerprint density at radius 1 is 0.576 bits per heavy atom. The molecule has 2 heterocycles. The van der Waals surface area contributed by atoms with E-state index in [2.05, 4.69) is 102 Å². The number of rotatable bonds is 3. The van der Waals surface area contributed by atoms with Gasteiger partial charge in [0.25, 0.3) is 0 Å². The molecule has 4 heteroatoms. The normalized spacial score (nSPS) is 11.6. The van der Waals surface area contributed by atoms with E-state index >= 15 is 0 Å². The molecule has 0 aliphatic carbocycles. The fourth-order valence-corrected chi connectivity index (χ4v) is 6.64. The van der Waals surface area contributed by atoms with Crippen molar-refractivity contribution in [3.63, 3.8) is 0 Å². The molecular weight excluding hydrogens is 440 g/mol. The number of anilines is 2. The Bertz CT molecular complexity index is 1780. The second-order valence-corrected chi connectivity index (χ2v) is 10.3. The maximum atomic E-state index is 4.81. The van der Waals surface area contributed by atoms with Crippen LogP contribution in [-0.2, 0) is 0 Å². The molecule has 2 aromatic heterocycles. The van der Waals surface area contributed by atoms with Gasteiger partial charge in [-0.15, -0.1) is 22.7 Å². The van der Waals surface area contributed by atoms with Gasteiger partial charge in [-0.2, -0.15) is 0 Å². The highest BCUT2D eigenvalue weighted by molar-refractivity contribution is 7.26. The van der Waals surface area contributed by atoms with E-state index in [4.69, 9.17) is 4.98 Å². The largest absolute Gasteiger partial charge is 0.355 e. The first-order valence-corrected chi connectivity index (χ1v) is 12.5. The van der Waals surface area contributed by atoms with Gasteiger partial charge in [0.2, 0.25) is 0 Å². The highest BCUT2D eigenvalue weighted by Crippen LogP contribution is 2.40. The van der Waals surface area contributed by atoms with Gasteiger partial charge < -0.3 is 5.32 Å². The van der Waals surface area contributed by atoms with Gasteiger partial charge in [-0.25, -0.2) is 4.98 Å². The van der Waals surface area contributed by atoms with Gasteiger partial charge in [0, 0.05) is 37.1 Å². The summed E-state index contributed by atoms with van der Waals surface area (Å²) in [4.78, 5) is 4.81. The van der Waals surface area contributed by atoms with Crippen molar-refractivity contribution in [3.8, 4) is 10.6 Å². The van der Waals surface area contributed by atoms with E-state index in [0.717, 1.165) is 27.5 Å². The van der Waals surface area contributed by atoms with Crippen molar-refractivity contribution >= 4 is 75.2 Å². The first-order valence-electron chi connectivity index (χ1n) is 10.9. The second-order valence-electron chi connectivity index (χ2n) is 8.17. The summed E-state index contributed by atoms with van der Waals surface area (Å²) in [5, 5.41) is 9.95. The van der Waals surface area contributed by atoms with Crippen molar-refractivity contribution in [1.29, 1.82) is 0 Å². The molecule has 0 bridgehead atoms. The number of hydrogen-bond donors (Lipinski definition) is 1. The SMILES string of the molecule is c1cc(Nc2ccc3c(c2)sc2ccc4ccccc4c23)cc(-c2nc3ccccc3s2)c1. The van der Waals surface area contributed by atoms with E-state index in [1.807, 2.05) is 17.4 Å². The number of fused-ring (bicyclic) bond motifs is 6. The molecule has 0 fully saturated rings. The first kappa shape index (κ1) is 18.8. The van der Waals surface area contributed by atoms with E-state index in [9.17, 15) is 0 Å². The zero-order valence-corrected chi connectivity index (χ0v) is 19.2. The molecule has 7 aromatic rings. The molecule has 0 saturated heterocycles. The van der Waals surface area contributed by atoms with Crippen LogP contribution in [0.4, 0.5) is 11.4 Å². The highest BCUT2D eigenvalue weighted by Gasteiger charge is 2.10. The summed E-state index contributed by atoms with van der Waals surface area (Å²) in [5.74, 6) is 0. The maximum absolute atomic E-state index is 4.81.